The van der Waals surface area contributed by atoms with E-state index in [1.807, 2.05) is 6.92 Å². The second kappa shape index (κ2) is 6.43. The van der Waals surface area contributed by atoms with Crippen molar-refractivity contribution in [3.8, 4) is 5.75 Å². The zero-order valence-electron chi connectivity index (χ0n) is 13.6. The molecule has 0 saturated carbocycles. The van der Waals surface area contributed by atoms with E-state index in [-0.39, 0.29) is 28.0 Å². The summed E-state index contributed by atoms with van der Waals surface area (Å²) < 4.78 is 72.0. The Morgan fingerprint density at radius 1 is 1.42 bits per heavy atom. The number of fused-ring (bicyclic) bond motifs is 1. The highest BCUT2D eigenvalue weighted by Gasteiger charge is 2.49. The van der Waals surface area contributed by atoms with Crippen LogP contribution in [-0.2, 0) is 21.9 Å². The zero-order valence-corrected chi connectivity index (χ0v) is 15.2. The minimum absolute atomic E-state index is 0.0396. The Morgan fingerprint density at radius 3 is 2.73 bits per heavy atom. The summed E-state index contributed by atoms with van der Waals surface area (Å²) in [7, 11) is -4.48. The molecule has 2 aromatic heterocycles. The van der Waals surface area contributed by atoms with Crippen molar-refractivity contribution in [2.24, 2.45) is 7.05 Å². The standard InChI is InChI=1S/C13H14ClF3N4O4S/c1-7-6-24-4-3-21(7)9-5-8(25-26(22,23)13(15,16)17)11-10(18-9)12(14)19-20(11)2/h5,7H,3-4,6H2,1-2H3. The molecule has 3 rings (SSSR count). The molecular weight excluding hydrogens is 401 g/mol. The number of hydrogen-bond donors (Lipinski definition) is 0. The fourth-order valence-electron chi connectivity index (χ4n) is 2.63. The number of aromatic nitrogens is 3. The summed E-state index contributed by atoms with van der Waals surface area (Å²) >= 11 is 5.99. The summed E-state index contributed by atoms with van der Waals surface area (Å²) in [6, 6.07) is 1.00. The number of ether oxygens (including phenoxy) is 1. The number of hydrogen-bond acceptors (Lipinski definition) is 7. The van der Waals surface area contributed by atoms with Crippen LogP contribution in [0.15, 0.2) is 6.07 Å². The van der Waals surface area contributed by atoms with E-state index in [1.54, 1.807) is 4.90 Å². The van der Waals surface area contributed by atoms with Crippen molar-refractivity contribution in [2.75, 3.05) is 24.7 Å². The highest BCUT2D eigenvalue weighted by molar-refractivity contribution is 7.88. The zero-order chi connectivity index (χ0) is 19.3. The predicted molar refractivity (Wildman–Crippen MR) is 86.7 cm³/mol. The van der Waals surface area contributed by atoms with Crippen LogP contribution in [0.25, 0.3) is 11.0 Å². The van der Waals surface area contributed by atoms with Gasteiger partial charge in [0.25, 0.3) is 0 Å². The van der Waals surface area contributed by atoms with Crippen LogP contribution in [0, 0.1) is 0 Å². The van der Waals surface area contributed by atoms with Crippen molar-refractivity contribution in [1.29, 1.82) is 0 Å². The average molecular weight is 415 g/mol. The Balaban J connectivity index is 2.17. The minimum Gasteiger partial charge on any atom is -0.377 e. The maximum Gasteiger partial charge on any atom is 0.534 e. The van der Waals surface area contributed by atoms with E-state index < -0.39 is 21.4 Å². The van der Waals surface area contributed by atoms with E-state index in [4.69, 9.17) is 16.3 Å². The van der Waals surface area contributed by atoms with Gasteiger partial charge in [-0.1, -0.05) is 11.6 Å². The van der Waals surface area contributed by atoms with Gasteiger partial charge in [0.2, 0.25) is 0 Å². The van der Waals surface area contributed by atoms with E-state index >= 15 is 0 Å². The van der Waals surface area contributed by atoms with Gasteiger partial charge in [0.05, 0.1) is 19.3 Å². The van der Waals surface area contributed by atoms with Gasteiger partial charge in [-0.2, -0.15) is 26.7 Å². The molecule has 1 saturated heterocycles. The molecular formula is C13H14ClF3N4O4S. The number of alkyl halides is 3. The molecule has 1 unspecified atom stereocenters. The minimum atomic E-state index is -5.87. The first-order chi connectivity index (χ1) is 12.0. The SMILES string of the molecule is CC1COCCN1c1cc(OS(=O)(=O)C(F)(F)F)c2c(n1)c(Cl)nn2C. The molecule has 26 heavy (non-hydrogen) atoms. The van der Waals surface area contributed by atoms with Crippen molar-refractivity contribution in [3.63, 3.8) is 0 Å². The largest absolute Gasteiger partial charge is 0.534 e. The number of anilines is 1. The second-order valence-corrected chi connectivity index (χ2v) is 7.59. The third-order valence-corrected chi connectivity index (χ3v) is 5.07. The number of halogens is 4. The third-order valence-electron chi connectivity index (χ3n) is 3.85. The van der Waals surface area contributed by atoms with Crippen molar-refractivity contribution < 1.29 is 30.5 Å². The first-order valence-electron chi connectivity index (χ1n) is 7.39. The Kier molecular flexibility index (Phi) is 4.69. The molecule has 1 aliphatic rings. The lowest BCUT2D eigenvalue weighted by atomic mass is 10.2. The van der Waals surface area contributed by atoms with Crippen LogP contribution in [-0.4, -0.2) is 54.5 Å². The van der Waals surface area contributed by atoms with Gasteiger partial charge >= 0.3 is 15.6 Å². The number of morpholine rings is 1. The summed E-state index contributed by atoms with van der Waals surface area (Å²) in [5, 5.41) is 3.78. The summed E-state index contributed by atoms with van der Waals surface area (Å²) in [4.78, 5) is 6.08. The summed E-state index contributed by atoms with van der Waals surface area (Å²) in [6.07, 6.45) is 0. The number of aryl methyl sites for hydroxylation is 1. The van der Waals surface area contributed by atoms with Crippen LogP contribution in [0.4, 0.5) is 19.0 Å². The van der Waals surface area contributed by atoms with Crippen LogP contribution in [0.1, 0.15) is 6.92 Å². The first-order valence-corrected chi connectivity index (χ1v) is 9.18. The van der Waals surface area contributed by atoms with Gasteiger partial charge in [-0.15, -0.1) is 0 Å². The van der Waals surface area contributed by atoms with E-state index in [9.17, 15) is 21.6 Å². The van der Waals surface area contributed by atoms with Crippen LogP contribution >= 0.6 is 11.6 Å². The van der Waals surface area contributed by atoms with Crippen LogP contribution in [0.2, 0.25) is 5.15 Å². The summed E-state index contributed by atoms with van der Waals surface area (Å²) in [5.74, 6) is -0.335. The molecule has 144 valence electrons. The molecule has 3 heterocycles. The number of pyridine rings is 1. The highest BCUT2D eigenvalue weighted by Crippen LogP contribution is 2.36. The maximum absolute atomic E-state index is 12.7. The lowest BCUT2D eigenvalue weighted by Gasteiger charge is -2.34. The fraction of sp³-hybridized carbons (Fsp3) is 0.538. The number of rotatable bonds is 3. The molecule has 2 aromatic rings. The average Bonchev–Trinajstić information content (AvgIpc) is 2.81. The smallest absolute Gasteiger partial charge is 0.377 e. The van der Waals surface area contributed by atoms with E-state index in [0.717, 1.165) is 10.7 Å². The van der Waals surface area contributed by atoms with Gasteiger partial charge in [0, 0.05) is 19.7 Å². The molecule has 1 aliphatic heterocycles. The molecule has 1 fully saturated rings. The van der Waals surface area contributed by atoms with E-state index in [2.05, 4.69) is 14.3 Å². The van der Waals surface area contributed by atoms with Gasteiger partial charge in [-0.3, -0.25) is 4.68 Å². The lowest BCUT2D eigenvalue weighted by molar-refractivity contribution is -0.0499. The molecule has 1 atom stereocenters. The Labute approximate surface area is 151 Å². The van der Waals surface area contributed by atoms with Crippen LogP contribution in [0.3, 0.4) is 0 Å². The molecule has 0 amide bonds. The van der Waals surface area contributed by atoms with Crippen molar-refractivity contribution in [3.05, 3.63) is 11.2 Å². The summed E-state index contributed by atoms with van der Waals surface area (Å²) in [5.41, 5.74) is -5.59. The fourth-order valence-corrected chi connectivity index (χ4v) is 3.33. The molecule has 8 nitrogen and oxygen atoms in total. The molecule has 0 N–H and O–H groups in total. The van der Waals surface area contributed by atoms with Gasteiger partial charge in [-0.25, -0.2) is 4.98 Å². The maximum atomic E-state index is 12.7. The molecule has 0 aliphatic carbocycles. The Hall–Kier alpha value is -1.79. The van der Waals surface area contributed by atoms with Crippen molar-refractivity contribution in [1.82, 2.24) is 14.8 Å². The van der Waals surface area contributed by atoms with Crippen molar-refractivity contribution in [2.45, 2.75) is 18.5 Å². The topological polar surface area (TPSA) is 86.6 Å². The van der Waals surface area contributed by atoms with Crippen LogP contribution in [0.5, 0.6) is 5.75 Å². The summed E-state index contributed by atoms with van der Waals surface area (Å²) in [6.45, 7) is 3.03. The van der Waals surface area contributed by atoms with E-state index in [0.29, 0.717) is 19.8 Å². The molecule has 0 bridgehead atoms. The highest BCUT2D eigenvalue weighted by atomic mass is 35.5. The molecule has 0 spiro atoms. The van der Waals surface area contributed by atoms with Gasteiger partial charge in [0.1, 0.15) is 16.9 Å². The number of nitrogens with zero attached hydrogens (tertiary/aromatic N) is 4. The predicted octanol–water partition coefficient (Wildman–Crippen LogP) is 2.08. The third kappa shape index (κ3) is 3.28. The van der Waals surface area contributed by atoms with Crippen molar-refractivity contribution >= 4 is 38.6 Å². The Morgan fingerprint density at radius 2 is 2.12 bits per heavy atom. The van der Waals surface area contributed by atoms with Gasteiger partial charge < -0.3 is 13.8 Å². The monoisotopic (exact) mass is 414 g/mol. The normalized spacial score (nSPS) is 19.2. The second-order valence-electron chi connectivity index (χ2n) is 5.69. The molecule has 0 aromatic carbocycles. The van der Waals surface area contributed by atoms with Crippen LogP contribution < -0.4 is 9.08 Å². The van der Waals surface area contributed by atoms with Gasteiger partial charge in [-0.05, 0) is 6.92 Å². The van der Waals surface area contributed by atoms with E-state index in [1.165, 1.54) is 7.05 Å². The van der Waals surface area contributed by atoms with Gasteiger partial charge in [0.15, 0.2) is 10.9 Å². The quantitative estimate of drug-likeness (QED) is 0.561. The Bertz CT molecular complexity index is 947. The molecule has 13 heteroatoms. The molecule has 0 radical (unpaired) electrons. The lowest BCUT2D eigenvalue weighted by Crippen LogP contribution is -2.44. The first kappa shape index (κ1) is 19.0.